The highest BCUT2D eigenvalue weighted by molar-refractivity contribution is 6.07. The van der Waals surface area contributed by atoms with Crippen LogP contribution in [0.4, 0.5) is 10.1 Å². The fourth-order valence-corrected chi connectivity index (χ4v) is 1.78. The minimum Gasteiger partial charge on any atom is -0.497 e. The summed E-state index contributed by atoms with van der Waals surface area (Å²) in [6, 6.07) is 9.69. The predicted molar refractivity (Wildman–Crippen MR) is 74.3 cm³/mol. The summed E-state index contributed by atoms with van der Waals surface area (Å²) in [6.45, 7) is 0. The number of benzene rings is 2. The Balaban J connectivity index is 2.28. The minimum atomic E-state index is -1.18. The summed E-state index contributed by atoms with van der Waals surface area (Å²) in [7, 11) is 1.39. The number of ether oxygens (including phenoxy) is 1. The van der Waals surface area contributed by atoms with Crippen molar-refractivity contribution < 1.29 is 23.8 Å². The van der Waals surface area contributed by atoms with Crippen molar-refractivity contribution in [2.75, 3.05) is 12.4 Å². The van der Waals surface area contributed by atoms with Crippen LogP contribution in [0.2, 0.25) is 0 Å². The van der Waals surface area contributed by atoms with Crippen LogP contribution in [0.3, 0.4) is 0 Å². The molecule has 5 nitrogen and oxygen atoms in total. The van der Waals surface area contributed by atoms with Gasteiger partial charge in [-0.3, -0.25) is 4.79 Å². The second kappa shape index (κ2) is 6.04. The number of anilines is 1. The molecule has 6 heteroatoms. The van der Waals surface area contributed by atoms with Gasteiger partial charge in [0, 0.05) is 6.07 Å². The van der Waals surface area contributed by atoms with Crippen LogP contribution in [0, 0.1) is 5.82 Å². The molecule has 0 heterocycles. The van der Waals surface area contributed by atoms with E-state index in [1.165, 1.54) is 37.4 Å². The molecule has 0 unspecified atom stereocenters. The summed E-state index contributed by atoms with van der Waals surface area (Å²) in [5, 5.41) is 11.4. The van der Waals surface area contributed by atoms with Gasteiger partial charge in [-0.2, -0.15) is 0 Å². The van der Waals surface area contributed by atoms with Crippen molar-refractivity contribution in [3.8, 4) is 5.75 Å². The van der Waals surface area contributed by atoms with Gasteiger partial charge in [0.05, 0.1) is 23.9 Å². The Labute approximate surface area is 120 Å². The van der Waals surface area contributed by atoms with Gasteiger partial charge < -0.3 is 15.2 Å². The Morgan fingerprint density at radius 1 is 1.14 bits per heavy atom. The molecule has 108 valence electrons. The number of halogens is 1. The van der Waals surface area contributed by atoms with Crippen molar-refractivity contribution in [3.05, 3.63) is 59.4 Å². The summed E-state index contributed by atoms with van der Waals surface area (Å²) in [5.74, 6) is -2.38. The monoisotopic (exact) mass is 289 g/mol. The van der Waals surface area contributed by atoms with Gasteiger partial charge in [-0.15, -0.1) is 0 Å². The Hall–Kier alpha value is -2.89. The molecule has 0 aromatic heterocycles. The number of hydrogen-bond acceptors (Lipinski definition) is 3. The van der Waals surface area contributed by atoms with E-state index >= 15 is 0 Å². The Morgan fingerprint density at radius 3 is 2.48 bits per heavy atom. The van der Waals surface area contributed by atoms with Gasteiger partial charge >= 0.3 is 5.97 Å². The van der Waals surface area contributed by atoms with Gasteiger partial charge in [-0.05, 0) is 24.3 Å². The maximum atomic E-state index is 13.8. The molecule has 0 radical (unpaired) electrons. The van der Waals surface area contributed by atoms with Crippen LogP contribution in [0.1, 0.15) is 20.7 Å². The SMILES string of the molecule is COc1ccc(C(=O)Nc2ccccc2C(=O)O)c(F)c1. The summed E-state index contributed by atoms with van der Waals surface area (Å²) in [5.41, 5.74) is -0.166. The molecule has 21 heavy (non-hydrogen) atoms. The predicted octanol–water partition coefficient (Wildman–Crippen LogP) is 2.78. The van der Waals surface area contributed by atoms with Gasteiger partial charge in [0.15, 0.2) is 0 Å². The molecule has 0 atom stereocenters. The summed E-state index contributed by atoms with van der Waals surface area (Å²) < 4.78 is 18.6. The van der Waals surface area contributed by atoms with E-state index in [0.29, 0.717) is 0 Å². The lowest BCUT2D eigenvalue weighted by atomic mass is 10.1. The quantitative estimate of drug-likeness (QED) is 0.907. The molecular weight excluding hydrogens is 277 g/mol. The van der Waals surface area contributed by atoms with Crippen molar-refractivity contribution in [2.24, 2.45) is 0 Å². The van der Waals surface area contributed by atoms with E-state index in [1.54, 1.807) is 6.07 Å². The normalized spacial score (nSPS) is 10.0. The second-order valence-electron chi connectivity index (χ2n) is 4.15. The molecule has 2 aromatic carbocycles. The van der Waals surface area contributed by atoms with Crippen molar-refractivity contribution in [3.63, 3.8) is 0 Å². The van der Waals surface area contributed by atoms with Crippen molar-refractivity contribution in [2.45, 2.75) is 0 Å². The van der Waals surface area contributed by atoms with E-state index < -0.39 is 17.7 Å². The summed E-state index contributed by atoms with van der Waals surface area (Å²) in [4.78, 5) is 23.1. The van der Waals surface area contributed by atoms with Crippen LogP contribution in [0.15, 0.2) is 42.5 Å². The number of carboxylic acid groups (broad SMARTS) is 1. The minimum absolute atomic E-state index is 0.0697. The Bertz CT molecular complexity index is 700. The highest BCUT2D eigenvalue weighted by atomic mass is 19.1. The zero-order valence-corrected chi connectivity index (χ0v) is 11.1. The first-order valence-corrected chi connectivity index (χ1v) is 6.00. The highest BCUT2D eigenvalue weighted by Crippen LogP contribution is 2.19. The van der Waals surface area contributed by atoms with E-state index in [0.717, 1.165) is 6.07 Å². The lowest BCUT2D eigenvalue weighted by molar-refractivity contribution is 0.0698. The third kappa shape index (κ3) is 3.17. The molecule has 0 bridgehead atoms. The van der Waals surface area contributed by atoms with Gasteiger partial charge in [0.25, 0.3) is 5.91 Å². The first-order chi connectivity index (χ1) is 10.0. The average Bonchev–Trinajstić information content (AvgIpc) is 2.47. The molecule has 0 aliphatic carbocycles. The van der Waals surface area contributed by atoms with Crippen LogP contribution >= 0.6 is 0 Å². The maximum Gasteiger partial charge on any atom is 0.337 e. The zero-order chi connectivity index (χ0) is 15.4. The molecule has 2 aromatic rings. The fourth-order valence-electron chi connectivity index (χ4n) is 1.78. The van der Waals surface area contributed by atoms with E-state index in [1.807, 2.05) is 0 Å². The van der Waals surface area contributed by atoms with Gasteiger partial charge in [0.1, 0.15) is 11.6 Å². The molecule has 0 fully saturated rings. The summed E-state index contributed by atoms with van der Waals surface area (Å²) in [6.07, 6.45) is 0. The smallest absolute Gasteiger partial charge is 0.337 e. The number of carbonyl (C=O) groups excluding carboxylic acids is 1. The highest BCUT2D eigenvalue weighted by Gasteiger charge is 2.16. The van der Waals surface area contributed by atoms with Gasteiger partial charge in [-0.25, -0.2) is 9.18 Å². The van der Waals surface area contributed by atoms with Crippen molar-refractivity contribution in [1.29, 1.82) is 0 Å². The molecule has 2 N–H and O–H groups in total. The maximum absolute atomic E-state index is 13.8. The first-order valence-electron chi connectivity index (χ1n) is 6.00. The molecule has 2 rings (SSSR count). The zero-order valence-electron chi connectivity index (χ0n) is 11.1. The number of carboxylic acids is 1. The number of para-hydroxylation sites is 1. The van der Waals surface area contributed by atoms with Crippen LogP contribution < -0.4 is 10.1 Å². The number of methoxy groups -OCH3 is 1. The van der Waals surface area contributed by atoms with Crippen molar-refractivity contribution in [1.82, 2.24) is 0 Å². The van der Waals surface area contributed by atoms with E-state index in [2.05, 4.69) is 5.32 Å². The topological polar surface area (TPSA) is 75.6 Å². The van der Waals surface area contributed by atoms with Crippen LogP contribution in [-0.2, 0) is 0 Å². The lowest BCUT2D eigenvalue weighted by Crippen LogP contribution is -2.16. The Morgan fingerprint density at radius 2 is 1.86 bits per heavy atom. The second-order valence-corrected chi connectivity index (χ2v) is 4.15. The molecule has 0 spiro atoms. The molecular formula is C15H12FNO4. The van der Waals surface area contributed by atoms with Gasteiger partial charge in [-0.1, -0.05) is 12.1 Å². The third-order valence-corrected chi connectivity index (χ3v) is 2.83. The third-order valence-electron chi connectivity index (χ3n) is 2.83. The number of rotatable bonds is 4. The molecule has 0 saturated carbocycles. The molecule has 0 aliphatic heterocycles. The lowest BCUT2D eigenvalue weighted by Gasteiger charge is -2.09. The fraction of sp³-hybridized carbons (Fsp3) is 0.0667. The summed E-state index contributed by atoms with van der Waals surface area (Å²) >= 11 is 0. The average molecular weight is 289 g/mol. The number of carbonyl (C=O) groups is 2. The van der Waals surface area contributed by atoms with Gasteiger partial charge in [0.2, 0.25) is 0 Å². The molecule has 0 aliphatic rings. The number of hydrogen-bond donors (Lipinski definition) is 2. The van der Waals surface area contributed by atoms with Crippen LogP contribution in [-0.4, -0.2) is 24.1 Å². The Kier molecular flexibility index (Phi) is 4.18. The number of nitrogens with one attached hydrogen (secondary N) is 1. The number of aromatic carboxylic acids is 1. The van der Waals surface area contributed by atoms with E-state index in [4.69, 9.17) is 9.84 Å². The first kappa shape index (κ1) is 14.5. The largest absolute Gasteiger partial charge is 0.497 e. The van der Waals surface area contributed by atoms with E-state index in [-0.39, 0.29) is 22.6 Å². The molecule has 0 saturated heterocycles. The standard InChI is InChI=1S/C15H12FNO4/c1-21-9-6-7-10(12(16)8-9)14(18)17-13-5-3-2-4-11(13)15(19)20/h2-8H,1H3,(H,17,18)(H,19,20). The van der Waals surface area contributed by atoms with E-state index in [9.17, 15) is 14.0 Å². The van der Waals surface area contributed by atoms with Crippen LogP contribution in [0.25, 0.3) is 0 Å². The molecule has 1 amide bonds. The van der Waals surface area contributed by atoms with Crippen molar-refractivity contribution >= 4 is 17.6 Å². The number of amides is 1. The van der Waals surface area contributed by atoms with Crippen LogP contribution in [0.5, 0.6) is 5.75 Å².